The molecule has 2 amide bonds. The molecule has 3 aliphatic carbocycles. The van der Waals surface area contributed by atoms with Crippen LogP contribution in [0.5, 0.6) is 0 Å². The highest BCUT2D eigenvalue weighted by Gasteiger charge is 2.48. The van der Waals surface area contributed by atoms with Crippen molar-refractivity contribution < 1.29 is 35.9 Å². The Kier molecular flexibility index (Phi) is 7.75. The molecular weight excluding hydrogens is 533 g/mol. The summed E-state index contributed by atoms with van der Waals surface area (Å²) in [5.41, 5.74) is -0.417. The van der Waals surface area contributed by atoms with E-state index >= 15 is 0 Å². The minimum absolute atomic E-state index is 0.0427. The van der Waals surface area contributed by atoms with Gasteiger partial charge in [-0.05, 0) is 61.6 Å². The van der Waals surface area contributed by atoms with Crippen LogP contribution in [-0.2, 0) is 14.6 Å². The van der Waals surface area contributed by atoms with E-state index in [0.29, 0.717) is 31.5 Å². The number of ether oxygens (including phenoxy) is 1. The fourth-order valence-corrected chi connectivity index (χ4v) is 8.20. The van der Waals surface area contributed by atoms with Crippen molar-refractivity contribution in [1.82, 2.24) is 4.90 Å². The van der Waals surface area contributed by atoms with E-state index in [9.17, 15) is 31.2 Å². The second-order valence-electron chi connectivity index (χ2n) is 9.62. The smallest absolute Gasteiger partial charge is 0.409 e. The van der Waals surface area contributed by atoms with Crippen molar-refractivity contribution in [1.29, 1.82) is 0 Å². The molecule has 2 unspecified atom stereocenters. The lowest BCUT2D eigenvalue weighted by Gasteiger charge is -2.47. The monoisotopic (exact) mass is 558 g/mol. The van der Waals surface area contributed by atoms with E-state index < -0.39 is 44.5 Å². The summed E-state index contributed by atoms with van der Waals surface area (Å²) < 4.78 is 72.4. The average Bonchev–Trinajstić information content (AvgIpc) is 2.87. The summed E-state index contributed by atoms with van der Waals surface area (Å²) >= 11 is 6.26. The van der Waals surface area contributed by atoms with Crippen LogP contribution in [0.1, 0.15) is 36.0 Å². The SMILES string of the molecule is COC(=O)N(C)C[C@H]1CC2CCC1C[C@@H]2S(=O)(=O)c1cc(C(=O)Nc2cc(F)c(F)c(F)c2)ccc1Cl. The number of carbonyl (C=O) groups excluding carboxylic acids is 2. The minimum atomic E-state index is -3.93. The van der Waals surface area contributed by atoms with Crippen molar-refractivity contribution in [2.24, 2.45) is 17.8 Å². The van der Waals surface area contributed by atoms with Crippen molar-refractivity contribution >= 4 is 39.1 Å². The number of benzene rings is 2. The summed E-state index contributed by atoms with van der Waals surface area (Å²) in [6.45, 7) is 0.474. The highest BCUT2D eigenvalue weighted by atomic mass is 35.5. The third-order valence-electron chi connectivity index (χ3n) is 7.38. The number of hydrogen-bond acceptors (Lipinski definition) is 5. The molecule has 3 fully saturated rings. The molecule has 200 valence electrons. The quantitative estimate of drug-likeness (QED) is 0.487. The molecule has 0 spiro atoms. The predicted octanol–water partition coefficient (Wildman–Crippen LogP) is 5.29. The summed E-state index contributed by atoms with van der Waals surface area (Å²) in [5.74, 6) is -5.33. The molecule has 0 aromatic heterocycles. The molecule has 12 heteroatoms. The lowest BCUT2D eigenvalue weighted by molar-refractivity contribution is 0.0685. The van der Waals surface area contributed by atoms with Crippen LogP contribution in [0.25, 0.3) is 0 Å². The van der Waals surface area contributed by atoms with Crippen molar-refractivity contribution in [2.45, 2.75) is 35.8 Å². The highest BCUT2D eigenvalue weighted by Crippen LogP contribution is 2.49. The van der Waals surface area contributed by atoms with Crippen LogP contribution >= 0.6 is 11.6 Å². The van der Waals surface area contributed by atoms with Gasteiger partial charge in [0.05, 0.1) is 22.3 Å². The van der Waals surface area contributed by atoms with Gasteiger partial charge in [-0.3, -0.25) is 4.79 Å². The van der Waals surface area contributed by atoms with Crippen LogP contribution in [0.3, 0.4) is 0 Å². The molecule has 0 saturated heterocycles. The summed E-state index contributed by atoms with van der Waals surface area (Å²) in [7, 11) is -0.977. The summed E-state index contributed by atoms with van der Waals surface area (Å²) in [6, 6.07) is 4.96. The summed E-state index contributed by atoms with van der Waals surface area (Å²) in [5, 5.41) is 1.51. The number of methoxy groups -OCH3 is 1. The van der Waals surface area contributed by atoms with Gasteiger partial charge in [0.2, 0.25) is 0 Å². The first-order valence-corrected chi connectivity index (χ1v) is 13.6. The van der Waals surface area contributed by atoms with Crippen molar-refractivity contribution in [3.8, 4) is 0 Å². The Morgan fingerprint density at radius 2 is 1.73 bits per heavy atom. The Hall–Kier alpha value is -2.79. The number of anilines is 1. The number of hydrogen-bond donors (Lipinski definition) is 1. The number of rotatable bonds is 6. The number of nitrogens with one attached hydrogen (secondary N) is 1. The van der Waals surface area contributed by atoms with Gasteiger partial charge in [0.25, 0.3) is 5.91 Å². The van der Waals surface area contributed by atoms with E-state index in [4.69, 9.17) is 16.3 Å². The average molecular weight is 559 g/mol. The van der Waals surface area contributed by atoms with E-state index in [1.165, 1.54) is 24.1 Å². The molecule has 0 radical (unpaired) electrons. The van der Waals surface area contributed by atoms with E-state index in [0.717, 1.165) is 18.9 Å². The molecule has 0 heterocycles. The normalized spacial score (nSPS) is 23.0. The van der Waals surface area contributed by atoms with Gasteiger partial charge in [-0.25, -0.2) is 26.4 Å². The van der Waals surface area contributed by atoms with Crippen LogP contribution in [-0.4, -0.2) is 51.3 Å². The second kappa shape index (κ2) is 10.5. The Morgan fingerprint density at radius 3 is 2.32 bits per heavy atom. The van der Waals surface area contributed by atoms with Crippen LogP contribution in [0.4, 0.5) is 23.7 Å². The lowest BCUT2D eigenvalue weighted by Crippen LogP contribution is -2.48. The molecule has 7 nitrogen and oxygen atoms in total. The molecule has 4 atom stereocenters. The maximum atomic E-state index is 13.7. The van der Waals surface area contributed by atoms with E-state index in [1.807, 2.05) is 0 Å². The van der Waals surface area contributed by atoms with Crippen molar-refractivity contribution in [3.05, 3.63) is 58.4 Å². The number of carbonyl (C=O) groups is 2. The van der Waals surface area contributed by atoms with Gasteiger partial charge < -0.3 is 15.0 Å². The van der Waals surface area contributed by atoms with Crippen LogP contribution in [0, 0.1) is 35.2 Å². The zero-order valence-electron chi connectivity index (χ0n) is 20.1. The van der Waals surface area contributed by atoms with Gasteiger partial charge in [0.15, 0.2) is 27.3 Å². The van der Waals surface area contributed by atoms with Crippen LogP contribution in [0.15, 0.2) is 35.2 Å². The molecule has 5 rings (SSSR count). The number of amides is 2. The maximum absolute atomic E-state index is 13.7. The van der Waals surface area contributed by atoms with E-state index in [2.05, 4.69) is 5.32 Å². The molecule has 3 aliphatic rings. The largest absolute Gasteiger partial charge is 0.453 e. The Labute approximate surface area is 217 Å². The summed E-state index contributed by atoms with van der Waals surface area (Å²) in [4.78, 5) is 25.8. The molecule has 3 saturated carbocycles. The first kappa shape index (κ1) is 27.3. The number of halogens is 4. The summed E-state index contributed by atoms with van der Waals surface area (Å²) in [6.07, 6.45) is 2.19. The number of fused-ring (bicyclic) bond motifs is 3. The Balaban J connectivity index is 1.54. The van der Waals surface area contributed by atoms with Crippen molar-refractivity contribution in [3.63, 3.8) is 0 Å². The zero-order valence-corrected chi connectivity index (χ0v) is 21.7. The minimum Gasteiger partial charge on any atom is -0.453 e. The first-order chi connectivity index (χ1) is 17.4. The third kappa shape index (κ3) is 5.43. The predicted molar refractivity (Wildman–Crippen MR) is 131 cm³/mol. The molecular formula is C25H26ClF3N2O5S. The van der Waals surface area contributed by atoms with Gasteiger partial charge in [-0.2, -0.15) is 0 Å². The zero-order chi connectivity index (χ0) is 27.1. The van der Waals surface area contributed by atoms with Gasteiger partial charge >= 0.3 is 6.09 Å². The van der Waals surface area contributed by atoms with Gasteiger partial charge in [-0.1, -0.05) is 11.6 Å². The first-order valence-electron chi connectivity index (χ1n) is 11.7. The van der Waals surface area contributed by atoms with E-state index in [-0.39, 0.29) is 38.9 Å². The van der Waals surface area contributed by atoms with Crippen LogP contribution < -0.4 is 5.32 Å². The molecule has 0 aliphatic heterocycles. The lowest BCUT2D eigenvalue weighted by atomic mass is 9.64. The molecule has 2 bridgehead atoms. The third-order valence-corrected chi connectivity index (χ3v) is 10.1. The molecule has 2 aromatic rings. The fourth-order valence-electron chi connectivity index (χ4n) is 5.54. The standard InChI is InChI=1S/C25H26ClF3N2O5S/c1-31(25(33)36-2)12-16-7-14-4-3-13(16)8-21(14)37(34,35)22-9-15(5-6-18(22)26)24(32)30-17-10-19(27)23(29)20(28)11-17/h5-6,9-11,13-14,16,21H,3-4,7-8,12H2,1-2H3,(H,30,32)/t13?,14?,16-,21+/m1/s1. The number of sulfone groups is 1. The van der Waals surface area contributed by atoms with Gasteiger partial charge in [0, 0.05) is 37.0 Å². The fraction of sp³-hybridized carbons (Fsp3) is 0.440. The molecule has 2 aromatic carbocycles. The Morgan fingerprint density at radius 1 is 1.08 bits per heavy atom. The van der Waals surface area contributed by atoms with E-state index in [1.54, 1.807) is 7.05 Å². The Bertz CT molecular complexity index is 1320. The molecule has 37 heavy (non-hydrogen) atoms. The van der Waals surface area contributed by atoms with Crippen LogP contribution in [0.2, 0.25) is 5.02 Å². The van der Waals surface area contributed by atoms with Crippen molar-refractivity contribution in [2.75, 3.05) is 26.0 Å². The highest BCUT2D eigenvalue weighted by molar-refractivity contribution is 7.92. The maximum Gasteiger partial charge on any atom is 0.409 e. The van der Waals surface area contributed by atoms with Gasteiger partial charge in [0.1, 0.15) is 0 Å². The number of nitrogens with zero attached hydrogens (tertiary/aromatic N) is 1. The second-order valence-corrected chi connectivity index (χ2v) is 12.2. The topological polar surface area (TPSA) is 92.8 Å². The van der Waals surface area contributed by atoms with Gasteiger partial charge in [-0.15, -0.1) is 0 Å². The molecule has 1 N–H and O–H groups in total.